The van der Waals surface area contributed by atoms with Crippen molar-refractivity contribution in [2.24, 2.45) is 0 Å². The highest BCUT2D eigenvalue weighted by Gasteiger charge is 2.25. The van der Waals surface area contributed by atoms with Gasteiger partial charge in [0.15, 0.2) is 0 Å². The Morgan fingerprint density at radius 1 is 1.00 bits per heavy atom. The number of carbonyl (C=O) groups excluding carboxylic acids is 2. The number of amides is 1. The number of esters is 1. The summed E-state index contributed by atoms with van der Waals surface area (Å²) in [5.41, 5.74) is 0.760. The second kappa shape index (κ2) is 9.33. The zero-order chi connectivity index (χ0) is 17.4. The van der Waals surface area contributed by atoms with Crippen molar-refractivity contribution >= 4 is 11.9 Å². The van der Waals surface area contributed by atoms with Gasteiger partial charge in [0.2, 0.25) is 0 Å². The maximum atomic E-state index is 12.8. The third-order valence-corrected chi connectivity index (χ3v) is 3.71. The normalized spacial score (nSPS) is 10.9. The fourth-order valence-electron chi connectivity index (χ4n) is 2.65. The lowest BCUT2D eigenvalue weighted by Crippen LogP contribution is -2.42. The summed E-state index contributed by atoms with van der Waals surface area (Å²) in [6.45, 7) is 10.4. The van der Waals surface area contributed by atoms with Crippen LogP contribution < -0.4 is 0 Å². The fourth-order valence-corrected chi connectivity index (χ4v) is 2.65. The standard InChI is InChI=1S/C19H29NO3/c1-6-7-10-13-23-19(22)17-12-9-8-11-16(17)18(21)20(14(2)3)15(4)5/h8-9,11-12,14-15H,6-7,10,13H2,1-5H3. The summed E-state index contributed by atoms with van der Waals surface area (Å²) >= 11 is 0. The Kier molecular flexibility index (Phi) is 7.79. The minimum absolute atomic E-state index is 0.0659. The molecule has 0 unspecified atom stereocenters. The van der Waals surface area contributed by atoms with Gasteiger partial charge in [0.05, 0.1) is 17.7 Å². The number of nitrogens with zero attached hydrogens (tertiary/aromatic N) is 1. The average molecular weight is 319 g/mol. The fraction of sp³-hybridized carbons (Fsp3) is 0.579. The molecule has 0 aromatic heterocycles. The lowest BCUT2D eigenvalue weighted by molar-refractivity contribution is 0.0485. The quantitative estimate of drug-likeness (QED) is 0.530. The number of rotatable bonds is 8. The van der Waals surface area contributed by atoms with E-state index in [0.29, 0.717) is 17.7 Å². The first-order valence-corrected chi connectivity index (χ1v) is 8.48. The Labute approximate surface area is 139 Å². The maximum Gasteiger partial charge on any atom is 0.338 e. The summed E-state index contributed by atoms with van der Waals surface area (Å²) in [6, 6.07) is 7.03. The molecule has 128 valence electrons. The summed E-state index contributed by atoms with van der Waals surface area (Å²) < 4.78 is 5.31. The first-order valence-electron chi connectivity index (χ1n) is 8.48. The van der Waals surface area contributed by atoms with Crippen LogP contribution in [0.25, 0.3) is 0 Å². The van der Waals surface area contributed by atoms with Crippen molar-refractivity contribution in [2.75, 3.05) is 6.61 Å². The summed E-state index contributed by atoms with van der Waals surface area (Å²) in [6.07, 6.45) is 2.95. The molecular formula is C19H29NO3. The minimum atomic E-state index is -0.419. The molecule has 1 aromatic carbocycles. The van der Waals surface area contributed by atoms with E-state index in [1.165, 1.54) is 0 Å². The molecule has 0 aliphatic heterocycles. The van der Waals surface area contributed by atoms with E-state index in [1.54, 1.807) is 29.2 Å². The van der Waals surface area contributed by atoms with E-state index >= 15 is 0 Å². The Morgan fingerprint density at radius 2 is 1.57 bits per heavy atom. The van der Waals surface area contributed by atoms with Crippen molar-refractivity contribution in [1.29, 1.82) is 0 Å². The predicted octanol–water partition coefficient (Wildman–Crippen LogP) is 4.29. The van der Waals surface area contributed by atoms with Gasteiger partial charge in [-0.05, 0) is 46.2 Å². The van der Waals surface area contributed by atoms with Gasteiger partial charge in [0.25, 0.3) is 5.91 Å². The molecule has 0 saturated heterocycles. The van der Waals surface area contributed by atoms with Crippen LogP contribution in [0, 0.1) is 0 Å². The lowest BCUT2D eigenvalue weighted by atomic mass is 10.0. The van der Waals surface area contributed by atoms with Crippen LogP contribution in [0.2, 0.25) is 0 Å². The molecule has 0 fully saturated rings. The first-order chi connectivity index (χ1) is 10.9. The molecule has 1 amide bonds. The first kappa shape index (κ1) is 19.2. The molecule has 0 N–H and O–H groups in total. The largest absolute Gasteiger partial charge is 0.462 e. The third-order valence-electron chi connectivity index (χ3n) is 3.71. The highest BCUT2D eigenvalue weighted by Crippen LogP contribution is 2.17. The maximum absolute atomic E-state index is 12.8. The van der Waals surface area contributed by atoms with Crippen LogP contribution in [-0.4, -0.2) is 35.5 Å². The molecule has 0 aliphatic rings. The van der Waals surface area contributed by atoms with Gasteiger partial charge >= 0.3 is 5.97 Å². The molecule has 1 rings (SSSR count). The minimum Gasteiger partial charge on any atom is -0.462 e. The molecule has 1 aromatic rings. The molecule has 0 atom stereocenters. The van der Waals surface area contributed by atoms with Crippen molar-refractivity contribution < 1.29 is 14.3 Å². The highest BCUT2D eigenvalue weighted by atomic mass is 16.5. The number of hydrogen-bond acceptors (Lipinski definition) is 3. The zero-order valence-electron chi connectivity index (χ0n) is 15.0. The number of benzene rings is 1. The number of hydrogen-bond donors (Lipinski definition) is 0. The van der Waals surface area contributed by atoms with Gasteiger partial charge in [0, 0.05) is 12.1 Å². The van der Waals surface area contributed by atoms with Gasteiger partial charge in [-0.15, -0.1) is 0 Å². The van der Waals surface area contributed by atoms with Crippen LogP contribution in [0.15, 0.2) is 24.3 Å². The van der Waals surface area contributed by atoms with Gasteiger partial charge in [-0.3, -0.25) is 4.79 Å². The Hall–Kier alpha value is -1.84. The second-order valence-electron chi connectivity index (χ2n) is 6.29. The monoisotopic (exact) mass is 319 g/mol. The van der Waals surface area contributed by atoms with E-state index < -0.39 is 5.97 Å². The number of ether oxygens (including phenoxy) is 1. The molecule has 4 nitrogen and oxygen atoms in total. The van der Waals surface area contributed by atoms with Crippen LogP contribution in [0.1, 0.15) is 74.6 Å². The van der Waals surface area contributed by atoms with Crippen LogP contribution in [0.4, 0.5) is 0 Å². The van der Waals surface area contributed by atoms with Gasteiger partial charge in [-0.1, -0.05) is 31.9 Å². The van der Waals surface area contributed by atoms with Gasteiger partial charge in [-0.25, -0.2) is 4.79 Å². The molecule has 0 spiro atoms. The van der Waals surface area contributed by atoms with E-state index in [-0.39, 0.29) is 18.0 Å². The molecule has 4 heteroatoms. The van der Waals surface area contributed by atoms with Crippen molar-refractivity contribution in [3.63, 3.8) is 0 Å². The smallest absolute Gasteiger partial charge is 0.338 e. The van der Waals surface area contributed by atoms with Crippen LogP contribution in [0.5, 0.6) is 0 Å². The molecule has 0 saturated carbocycles. The number of carbonyl (C=O) groups is 2. The van der Waals surface area contributed by atoms with E-state index in [1.807, 2.05) is 27.7 Å². The average Bonchev–Trinajstić information content (AvgIpc) is 2.50. The SMILES string of the molecule is CCCCCOC(=O)c1ccccc1C(=O)N(C(C)C)C(C)C. The van der Waals surface area contributed by atoms with Crippen LogP contribution >= 0.6 is 0 Å². The van der Waals surface area contributed by atoms with Crippen LogP contribution in [0.3, 0.4) is 0 Å². The predicted molar refractivity (Wildman–Crippen MR) is 92.7 cm³/mol. The molecular weight excluding hydrogens is 290 g/mol. The van der Waals surface area contributed by atoms with Crippen molar-refractivity contribution in [2.45, 2.75) is 66.0 Å². The number of unbranched alkanes of at least 4 members (excludes halogenated alkanes) is 2. The van der Waals surface area contributed by atoms with E-state index in [4.69, 9.17) is 4.74 Å². The zero-order valence-corrected chi connectivity index (χ0v) is 15.0. The van der Waals surface area contributed by atoms with E-state index in [2.05, 4.69) is 6.92 Å². The third kappa shape index (κ3) is 5.38. The van der Waals surface area contributed by atoms with Gasteiger partial charge < -0.3 is 9.64 Å². The summed E-state index contributed by atoms with van der Waals surface area (Å²) in [5.74, 6) is -0.548. The van der Waals surface area contributed by atoms with Crippen molar-refractivity contribution in [3.05, 3.63) is 35.4 Å². The van der Waals surface area contributed by atoms with E-state index in [9.17, 15) is 9.59 Å². The topological polar surface area (TPSA) is 46.6 Å². The molecule has 0 heterocycles. The van der Waals surface area contributed by atoms with E-state index in [0.717, 1.165) is 19.3 Å². The second-order valence-corrected chi connectivity index (χ2v) is 6.29. The summed E-state index contributed by atoms with van der Waals surface area (Å²) in [4.78, 5) is 26.9. The Morgan fingerprint density at radius 3 is 2.09 bits per heavy atom. The van der Waals surface area contributed by atoms with Crippen molar-refractivity contribution in [1.82, 2.24) is 4.90 Å². The summed E-state index contributed by atoms with van der Waals surface area (Å²) in [7, 11) is 0. The molecule has 23 heavy (non-hydrogen) atoms. The molecule has 0 radical (unpaired) electrons. The Bertz CT molecular complexity index is 515. The van der Waals surface area contributed by atoms with Crippen molar-refractivity contribution in [3.8, 4) is 0 Å². The van der Waals surface area contributed by atoms with Gasteiger partial charge in [-0.2, -0.15) is 0 Å². The van der Waals surface area contributed by atoms with Crippen LogP contribution in [-0.2, 0) is 4.74 Å². The summed E-state index contributed by atoms with van der Waals surface area (Å²) in [5, 5.41) is 0. The lowest BCUT2D eigenvalue weighted by Gasteiger charge is -2.31. The molecule has 0 bridgehead atoms. The molecule has 0 aliphatic carbocycles. The highest BCUT2D eigenvalue weighted by molar-refractivity contribution is 6.05. The van der Waals surface area contributed by atoms with Gasteiger partial charge in [0.1, 0.15) is 0 Å². The Balaban J connectivity index is 2.96.